The van der Waals surface area contributed by atoms with E-state index in [0.717, 1.165) is 18.2 Å². The van der Waals surface area contributed by atoms with E-state index in [-0.39, 0.29) is 10.6 Å². The average molecular weight is 303 g/mol. The molecule has 9 nitrogen and oxygen atoms in total. The largest absolute Gasteiger partial charge is 0.467 e. The molecule has 1 aromatic carbocycles. The zero-order chi connectivity index (χ0) is 15.5. The van der Waals surface area contributed by atoms with E-state index in [4.69, 9.17) is 5.14 Å². The molecule has 0 amide bonds. The second-order valence-electron chi connectivity index (χ2n) is 3.87. The number of primary sulfonamides is 1. The molecule has 0 fully saturated rings. The van der Waals surface area contributed by atoms with Crippen LogP contribution >= 0.6 is 0 Å². The molecule has 10 heteroatoms. The number of methoxy groups -OCH3 is 1. The molecule has 1 aromatic rings. The van der Waals surface area contributed by atoms with E-state index < -0.39 is 32.6 Å². The number of esters is 1. The molecule has 0 heterocycles. The molecule has 0 spiro atoms. The van der Waals surface area contributed by atoms with Crippen LogP contribution in [0, 0.1) is 10.1 Å². The summed E-state index contributed by atoms with van der Waals surface area (Å²) < 4.78 is 26.8. The summed E-state index contributed by atoms with van der Waals surface area (Å²) in [6, 6.07) is 2.26. The SMILES string of the molecule is COC(=O)C(C)Nc1ccc(S(N)(=O)=O)cc1[N+](=O)[O-]. The van der Waals surface area contributed by atoms with Crippen LogP contribution < -0.4 is 10.5 Å². The van der Waals surface area contributed by atoms with Gasteiger partial charge in [0, 0.05) is 6.07 Å². The number of carbonyl (C=O) groups excluding carboxylic acids is 1. The predicted octanol–water partition coefficient (Wildman–Crippen LogP) is 0.216. The van der Waals surface area contributed by atoms with Gasteiger partial charge < -0.3 is 10.1 Å². The third-order valence-corrected chi connectivity index (χ3v) is 3.33. The van der Waals surface area contributed by atoms with Crippen LogP contribution in [-0.2, 0) is 19.6 Å². The van der Waals surface area contributed by atoms with Crippen LogP contribution in [-0.4, -0.2) is 32.5 Å². The first-order valence-corrected chi connectivity index (χ1v) is 6.87. The molecule has 0 aromatic heterocycles. The number of hydrogen-bond acceptors (Lipinski definition) is 7. The fourth-order valence-corrected chi connectivity index (χ4v) is 1.96. The van der Waals surface area contributed by atoms with Crippen molar-refractivity contribution in [3.63, 3.8) is 0 Å². The fraction of sp³-hybridized carbons (Fsp3) is 0.300. The molecule has 1 rings (SSSR count). The number of carbonyl (C=O) groups is 1. The summed E-state index contributed by atoms with van der Waals surface area (Å²) >= 11 is 0. The van der Waals surface area contributed by atoms with Gasteiger partial charge in [0.25, 0.3) is 5.69 Å². The van der Waals surface area contributed by atoms with Gasteiger partial charge in [0.2, 0.25) is 10.0 Å². The molecule has 0 bridgehead atoms. The number of nitro groups is 1. The number of rotatable bonds is 5. The van der Waals surface area contributed by atoms with Crippen molar-refractivity contribution in [2.75, 3.05) is 12.4 Å². The number of sulfonamides is 1. The number of anilines is 1. The standard InChI is InChI=1S/C10H13N3O6S/c1-6(10(14)19-2)12-8-4-3-7(20(11,17)18)5-9(8)13(15)16/h3-6,12H,1-2H3,(H2,11,17,18). The lowest BCUT2D eigenvalue weighted by atomic mass is 10.2. The highest BCUT2D eigenvalue weighted by Gasteiger charge is 2.22. The van der Waals surface area contributed by atoms with Gasteiger partial charge in [-0.1, -0.05) is 0 Å². The van der Waals surface area contributed by atoms with Gasteiger partial charge in [0.1, 0.15) is 11.7 Å². The minimum Gasteiger partial charge on any atom is -0.467 e. The molecule has 0 radical (unpaired) electrons. The Bertz CT molecular complexity index is 642. The average Bonchev–Trinajstić information content (AvgIpc) is 2.36. The van der Waals surface area contributed by atoms with Crippen molar-refractivity contribution in [3.8, 4) is 0 Å². The lowest BCUT2D eigenvalue weighted by molar-refractivity contribution is -0.384. The Hall–Kier alpha value is -2.20. The smallest absolute Gasteiger partial charge is 0.327 e. The quantitative estimate of drug-likeness (QED) is 0.450. The Morgan fingerprint density at radius 3 is 2.55 bits per heavy atom. The summed E-state index contributed by atoms with van der Waals surface area (Å²) in [7, 11) is -2.87. The highest BCUT2D eigenvalue weighted by Crippen LogP contribution is 2.27. The summed E-state index contributed by atoms with van der Waals surface area (Å²) in [5.41, 5.74) is -0.521. The molecule has 1 atom stereocenters. The van der Waals surface area contributed by atoms with Gasteiger partial charge in [0.15, 0.2) is 0 Å². The maximum absolute atomic E-state index is 11.3. The molecular formula is C10H13N3O6S. The van der Waals surface area contributed by atoms with Crippen LogP contribution in [0.5, 0.6) is 0 Å². The van der Waals surface area contributed by atoms with Crippen molar-refractivity contribution in [2.24, 2.45) is 5.14 Å². The van der Waals surface area contributed by atoms with E-state index >= 15 is 0 Å². The number of ether oxygens (including phenoxy) is 1. The Kier molecular flexibility index (Phi) is 4.63. The molecule has 110 valence electrons. The first kappa shape index (κ1) is 15.9. The monoisotopic (exact) mass is 303 g/mol. The van der Waals surface area contributed by atoms with Gasteiger partial charge in [0.05, 0.1) is 16.9 Å². The van der Waals surface area contributed by atoms with Crippen molar-refractivity contribution in [1.29, 1.82) is 0 Å². The van der Waals surface area contributed by atoms with E-state index in [1.165, 1.54) is 14.0 Å². The number of nitrogens with two attached hydrogens (primary N) is 1. The normalized spacial score (nSPS) is 12.6. The second-order valence-corrected chi connectivity index (χ2v) is 5.43. The van der Waals surface area contributed by atoms with Crippen molar-refractivity contribution in [1.82, 2.24) is 0 Å². The van der Waals surface area contributed by atoms with Crippen molar-refractivity contribution in [2.45, 2.75) is 17.9 Å². The first-order chi connectivity index (χ1) is 9.16. The molecule has 1 unspecified atom stereocenters. The lowest BCUT2D eigenvalue weighted by Crippen LogP contribution is -2.27. The fourth-order valence-electron chi connectivity index (χ4n) is 1.43. The summed E-state index contributed by atoms with van der Waals surface area (Å²) in [5.74, 6) is -0.616. The second kappa shape index (κ2) is 5.84. The van der Waals surface area contributed by atoms with Crippen LogP contribution in [0.15, 0.2) is 23.1 Å². The highest BCUT2D eigenvalue weighted by molar-refractivity contribution is 7.89. The van der Waals surface area contributed by atoms with Crippen LogP contribution in [0.25, 0.3) is 0 Å². The first-order valence-electron chi connectivity index (χ1n) is 5.32. The van der Waals surface area contributed by atoms with Gasteiger partial charge in [-0.2, -0.15) is 0 Å². The third-order valence-electron chi connectivity index (χ3n) is 2.42. The highest BCUT2D eigenvalue weighted by atomic mass is 32.2. The molecule has 0 saturated heterocycles. The van der Waals surface area contributed by atoms with Crippen LogP contribution in [0.3, 0.4) is 0 Å². The van der Waals surface area contributed by atoms with Crippen LogP contribution in [0.4, 0.5) is 11.4 Å². The van der Waals surface area contributed by atoms with Gasteiger partial charge in [-0.05, 0) is 19.1 Å². The molecule has 0 aliphatic carbocycles. The minimum atomic E-state index is -4.05. The maximum atomic E-state index is 11.3. The molecular weight excluding hydrogens is 290 g/mol. The van der Waals surface area contributed by atoms with E-state index in [1.54, 1.807) is 0 Å². The summed E-state index contributed by atoms with van der Waals surface area (Å²) in [4.78, 5) is 21.0. The Balaban J connectivity index is 3.21. The zero-order valence-corrected chi connectivity index (χ0v) is 11.5. The zero-order valence-electron chi connectivity index (χ0n) is 10.7. The Labute approximate surface area is 114 Å². The number of benzene rings is 1. The van der Waals surface area contributed by atoms with Crippen molar-refractivity contribution < 1.29 is 22.9 Å². The molecule has 0 aliphatic heterocycles. The number of nitrogens with zero attached hydrogens (tertiary/aromatic N) is 1. The van der Waals surface area contributed by atoms with E-state index in [1.807, 2.05) is 0 Å². The van der Waals surface area contributed by atoms with Gasteiger partial charge >= 0.3 is 5.97 Å². The summed E-state index contributed by atoms with van der Waals surface area (Å²) in [6.07, 6.45) is 0. The van der Waals surface area contributed by atoms with E-state index in [0.29, 0.717) is 0 Å². The van der Waals surface area contributed by atoms with Gasteiger partial charge in [-0.25, -0.2) is 18.4 Å². The van der Waals surface area contributed by atoms with Crippen LogP contribution in [0.2, 0.25) is 0 Å². The molecule has 20 heavy (non-hydrogen) atoms. The topological polar surface area (TPSA) is 142 Å². The molecule has 0 aliphatic rings. The van der Waals surface area contributed by atoms with Crippen LogP contribution in [0.1, 0.15) is 6.92 Å². The van der Waals surface area contributed by atoms with Crippen molar-refractivity contribution >= 4 is 27.4 Å². The lowest BCUT2D eigenvalue weighted by Gasteiger charge is -2.13. The molecule has 3 N–H and O–H groups in total. The van der Waals surface area contributed by atoms with E-state index in [2.05, 4.69) is 10.1 Å². The summed E-state index contributed by atoms with van der Waals surface area (Å²) in [6.45, 7) is 1.45. The van der Waals surface area contributed by atoms with Gasteiger partial charge in [-0.3, -0.25) is 10.1 Å². The third kappa shape index (κ3) is 3.65. The van der Waals surface area contributed by atoms with E-state index in [9.17, 15) is 23.3 Å². The number of nitro benzene ring substituents is 1. The minimum absolute atomic E-state index is 0.0136. The predicted molar refractivity (Wildman–Crippen MR) is 69.6 cm³/mol. The Morgan fingerprint density at radius 2 is 2.10 bits per heavy atom. The summed E-state index contributed by atoms with van der Waals surface area (Å²) in [5, 5.41) is 18.4. The maximum Gasteiger partial charge on any atom is 0.327 e. The molecule has 0 saturated carbocycles. The number of nitrogens with one attached hydrogen (secondary N) is 1. The van der Waals surface area contributed by atoms with Crippen molar-refractivity contribution in [3.05, 3.63) is 28.3 Å². The number of hydrogen-bond donors (Lipinski definition) is 2. The Morgan fingerprint density at radius 1 is 1.50 bits per heavy atom. The van der Waals surface area contributed by atoms with Gasteiger partial charge in [-0.15, -0.1) is 0 Å².